The molecular formula is C8H10ClN3O2. The van der Waals surface area contributed by atoms with Crippen molar-refractivity contribution in [2.75, 3.05) is 5.73 Å². The van der Waals surface area contributed by atoms with Crippen molar-refractivity contribution in [2.24, 2.45) is 5.73 Å². The van der Waals surface area contributed by atoms with Gasteiger partial charge in [0.2, 0.25) is 0 Å². The van der Waals surface area contributed by atoms with Gasteiger partial charge in [-0.05, 0) is 13.0 Å². The van der Waals surface area contributed by atoms with Gasteiger partial charge in [-0.25, -0.2) is 4.79 Å². The van der Waals surface area contributed by atoms with Crippen LogP contribution in [-0.2, 0) is 10.3 Å². The number of aromatic nitrogens is 1. The van der Waals surface area contributed by atoms with Gasteiger partial charge in [-0.2, -0.15) is 0 Å². The average molecular weight is 216 g/mol. The SMILES string of the molecule is C[C@](N)(C(=O)O)c1ncc(Cl)cc1N. The lowest BCUT2D eigenvalue weighted by molar-refractivity contribution is -0.143. The molecule has 1 rings (SSSR count). The van der Waals surface area contributed by atoms with Crippen LogP contribution in [0.15, 0.2) is 12.3 Å². The lowest BCUT2D eigenvalue weighted by atomic mass is 9.97. The van der Waals surface area contributed by atoms with Crippen LogP contribution in [-0.4, -0.2) is 16.1 Å². The van der Waals surface area contributed by atoms with Crippen LogP contribution in [0.3, 0.4) is 0 Å². The number of carbonyl (C=O) groups is 1. The van der Waals surface area contributed by atoms with Gasteiger partial charge in [-0.15, -0.1) is 0 Å². The van der Waals surface area contributed by atoms with Crippen LogP contribution in [0.5, 0.6) is 0 Å². The number of hydrogen-bond donors (Lipinski definition) is 3. The third kappa shape index (κ3) is 1.78. The first-order chi connectivity index (χ1) is 6.35. The van der Waals surface area contributed by atoms with Gasteiger partial charge >= 0.3 is 5.97 Å². The molecule has 0 saturated heterocycles. The van der Waals surface area contributed by atoms with Gasteiger partial charge in [0, 0.05) is 6.20 Å². The Hall–Kier alpha value is -1.33. The van der Waals surface area contributed by atoms with Crippen molar-refractivity contribution in [3.63, 3.8) is 0 Å². The molecule has 0 amide bonds. The van der Waals surface area contributed by atoms with Gasteiger partial charge in [0.15, 0.2) is 5.54 Å². The molecule has 76 valence electrons. The number of hydrogen-bond acceptors (Lipinski definition) is 4. The van der Waals surface area contributed by atoms with E-state index in [0.717, 1.165) is 0 Å². The molecular weight excluding hydrogens is 206 g/mol. The van der Waals surface area contributed by atoms with Crippen LogP contribution in [0.1, 0.15) is 12.6 Å². The van der Waals surface area contributed by atoms with E-state index in [1.807, 2.05) is 0 Å². The van der Waals surface area contributed by atoms with Crippen LogP contribution in [0, 0.1) is 0 Å². The molecule has 0 spiro atoms. The summed E-state index contributed by atoms with van der Waals surface area (Å²) in [4.78, 5) is 14.6. The van der Waals surface area contributed by atoms with E-state index in [1.165, 1.54) is 19.2 Å². The summed E-state index contributed by atoms with van der Waals surface area (Å²) < 4.78 is 0. The van der Waals surface area contributed by atoms with Crippen molar-refractivity contribution in [2.45, 2.75) is 12.5 Å². The second-order valence-corrected chi connectivity index (χ2v) is 3.54. The van der Waals surface area contributed by atoms with E-state index in [2.05, 4.69) is 4.98 Å². The van der Waals surface area contributed by atoms with Gasteiger partial charge in [-0.1, -0.05) is 11.6 Å². The number of pyridine rings is 1. The molecule has 1 heterocycles. The first-order valence-corrected chi connectivity index (χ1v) is 4.17. The fourth-order valence-electron chi connectivity index (χ4n) is 0.990. The quantitative estimate of drug-likeness (QED) is 0.670. The molecule has 0 fully saturated rings. The Morgan fingerprint density at radius 1 is 1.71 bits per heavy atom. The summed E-state index contributed by atoms with van der Waals surface area (Å²) in [5.74, 6) is -1.20. The molecule has 0 aliphatic heterocycles. The molecule has 1 atom stereocenters. The Kier molecular flexibility index (Phi) is 2.64. The van der Waals surface area contributed by atoms with Crippen LogP contribution in [0.2, 0.25) is 5.02 Å². The minimum absolute atomic E-state index is 0.106. The molecule has 6 heteroatoms. The molecule has 5 N–H and O–H groups in total. The summed E-state index contributed by atoms with van der Waals surface area (Å²) in [5, 5.41) is 9.18. The van der Waals surface area contributed by atoms with E-state index in [0.29, 0.717) is 5.02 Å². The van der Waals surface area contributed by atoms with Crippen molar-refractivity contribution in [1.82, 2.24) is 4.98 Å². The monoisotopic (exact) mass is 215 g/mol. The second kappa shape index (κ2) is 3.43. The summed E-state index contributed by atoms with van der Waals surface area (Å²) in [6, 6.07) is 1.41. The highest BCUT2D eigenvalue weighted by atomic mass is 35.5. The van der Waals surface area contributed by atoms with E-state index < -0.39 is 11.5 Å². The number of nitrogen functional groups attached to an aromatic ring is 1. The van der Waals surface area contributed by atoms with Crippen LogP contribution in [0.4, 0.5) is 5.69 Å². The van der Waals surface area contributed by atoms with Crippen molar-refractivity contribution < 1.29 is 9.90 Å². The van der Waals surface area contributed by atoms with Gasteiger partial charge < -0.3 is 16.6 Å². The predicted molar refractivity (Wildman–Crippen MR) is 52.8 cm³/mol. The Morgan fingerprint density at radius 3 is 2.71 bits per heavy atom. The van der Waals surface area contributed by atoms with Gasteiger partial charge in [0.05, 0.1) is 16.4 Å². The molecule has 0 radical (unpaired) electrons. The Bertz CT molecular complexity index is 379. The van der Waals surface area contributed by atoms with E-state index >= 15 is 0 Å². The van der Waals surface area contributed by atoms with Crippen LogP contribution >= 0.6 is 11.6 Å². The molecule has 1 aromatic heterocycles. The molecule has 0 unspecified atom stereocenters. The summed E-state index contributed by atoms with van der Waals surface area (Å²) in [5.41, 5.74) is 9.78. The molecule has 1 aromatic rings. The number of carboxylic acid groups (broad SMARTS) is 1. The van der Waals surface area contributed by atoms with Crippen molar-refractivity contribution in [1.29, 1.82) is 0 Å². The second-order valence-electron chi connectivity index (χ2n) is 3.10. The maximum Gasteiger partial charge on any atom is 0.329 e. The highest BCUT2D eigenvalue weighted by Gasteiger charge is 2.33. The smallest absolute Gasteiger partial charge is 0.329 e. The number of rotatable bonds is 2. The van der Waals surface area contributed by atoms with Gasteiger partial charge in [0.25, 0.3) is 0 Å². The lowest BCUT2D eigenvalue weighted by Gasteiger charge is -2.19. The first kappa shape index (κ1) is 10.7. The largest absolute Gasteiger partial charge is 0.480 e. The molecule has 0 saturated carbocycles. The van der Waals surface area contributed by atoms with E-state index in [1.54, 1.807) is 0 Å². The molecule has 0 aliphatic carbocycles. The molecule has 0 bridgehead atoms. The Morgan fingerprint density at radius 2 is 2.29 bits per heavy atom. The van der Waals surface area contributed by atoms with E-state index in [-0.39, 0.29) is 11.4 Å². The third-order valence-electron chi connectivity index (χ3n) is 1.82. The Balaban J connectivity index is 3.26. The maximum atomic E-state index is 10.8. The minimum Gasteiger partial charge on any atom is -0.480 e. The number of nitrogens with zero attached hydrogens (tertiary/aromatic N) is 1. The van der Waals surface area contributed by atoms with E-state index in [4.69, 9.17) is 28.2 Å². The predicted octanol–water partition coefficient (Wildman–Crippen LogP) is 0.576. The number of carboxylic acids is 1. The van der Waals surface area contributed by atoms with Gasteiger partial charge in [0.1, 0.15) is 0 Å². The topological polar surface area (TPSA) is 102 Å². The first-order valence-electron chi connectivity index (χ1n) is 3.79. The molecule has 5 nitrogen and oxygen atoms in total. The fraction of sp³-hybridized carbons (Fsp3) is 0.250. The minimum atomic E-state index is -1.60. The zero-order chi connectivity index (χ0) is 10.9. The maximum absolute atomic E-state index is 10.8. The normalized spacial score (nSPS) is 14.8. The summed E-state index contributed by atoms with van der Waals surface area (Å²) >= 11 is 5.62. The zero-order valence-corrected chi connectivity index (χ0v) is 8.25. The molecule has 0 aliphatic rings. The molecule has 0 aromatic carbocycles. The summed E-state index contributed by atoms with van der Waals surface area (Å²) in [6.07, 6.45) is 1.31. The number of nitrogens with two attached hydrogens (primary N) is 2. The number of anilines is 1. The zero-order valence-electron chi connectivity index (χ0n) is 7.49. The highest BCUT2D eigenvalue weighted by Crippen LogP contribution is 2.24. The van der Waals surface area contributed by atoms with Gasteiger partial charge in [-0.3, -0.25) is 4.98 Å². The molecule has 14 heavy (non-hydrogen) atoms. The standard InChI is InChI=1S/C8H10ClN3O2/c1-8(11,7(13)14)6-5(10)2-4(9)3-12-6/h2-3H,10-11H2,1H3,(H,13,14)/t8-/m1/s1. The van der Waals surface area contributed by atoms with Crippen molar-refractivity contribution >= 4 is 23.3 Å². The van der Waals surface area contributed by atoms with Crippen LogP contribution < -0.4 is 11.5 Å². The van der Waals surface area contributed by atoms with Crippen LogP contribution in [0.25, 0.3) is 0 Å². The van der Waals surface area contributed by atoms with E-state index in [9.17, 15) is 4.79 Å². The fourth-order valence-corrected chi connectivity index (χ4v) is 1.16. The lowest BCUT2D eigenvalue weighted by Crippen LogP contribution is -2.43. The third-order valence-corrected chi connectivity index (χ3v) is 2.03. The number of halogens is 1. The summed E-state index contributed by atoms with van der Waals surface area (Å²) in [6.45, 7) is 1.32. The Labute approximate surface area is 85.7 Å². The average Bonchev–Trinajstić information content (AvgIpc) is 2.02. The van der Waals surface area contributed by atoms with Crippen molar-refractivity contribution in [3.05, 3.63) is 23.0 Å². The highest BCUT2D eigenvalue weighted by molar-refractivity contribution is 6.30. The van der Waals surface area contributed by atoms with Crippen molar-refractivity contribution in [3.8, 4) is 0 Å². The summed E-state index contributed by atoms with van der Waals surface area (Å²) in [7, 11) is 0. The number of aliphatic carboxylic acids is 1.